The van der Waals surface area contributed by atoms with Gasteiger partial charge in [0.1, 0.15) is 6.04 Å². The second kappa shape index (κ2) is 5.07. The van der Waals surface area contributed by atoms with Crippen molar-refractivity contribution in [2.24, 2.45) is 5.73 Å². The number of amides is 1. The van der Waals surface area contributed by atoms with Crippen molar-refractivity contribution < 1.29 is 4.79 Å². The third kappa shape index (κ3) is 2.57. The molecule has 0 spiro atoms. The second-order valence-electron chi connectivity index (χ2n) is 3.79. The first-order valence-corrected chi connectivity index (χ1v) is 5.31. The van der Waals surface area contributed by atoms with E-state index >= 15 is 0 Å². The van der Waals surface area contributed by atoms with Gasteiger partial charge in [-0.25, -0.2) is 0 Å². The molecule has 1 aliphatic rings. The number of rotatable bonds is 3. The maximum Gasteiger partial charge on any atom is 0.240 e. The van der Waals surface area contributed by atoms with Gasteiger partial charge in [0, 0.05) is 6.54 Å². The summed E-state index contributed by atoms with van der Waals surface area (Å²) in [6, 6.07) is 9.46. The van der Waals surface area contributed by atoms with Crippen LogP contribution < -0.4 is 21.7 Å². The Labute approximate surface area is 94.4 Å². The van der Waals surface area contributed by atoms with E-state index in [1.54, 1.807) is 0 Å². The summed E-state index contributed by atoms with van der Waals surface area (Å²) >= 11 is 0. The monoisotopic (exact) mass is 220 g/mol. The molecule has 0 aliphatic carbocycles. The van der Waals surface area contributed by atoms with E-state index in [1.807, 2.05) is 30.3 Å². The highest BCUT2D eigenvalue weighted by molar-refractivity contribution is 5.82. The van der Waals surface area contributed by atoms with Crippen molar-refractivity contribution >= 4 is 5.91 Å². The smallest absolute Gasteiger partial charge is 0.240 e. The Balaban J connectivity index is 1.88. The number of nitrogens with two attached hydrogens (primary N) is 1. The van der Waals surface area contributed by atoms with Crippen LogP contribution in [0.25, 0.3) is 0 Å². The lowest BCUT2D eigenvalue weighted by Gasteiger charge is -2.30. The molecule has 2 unspecified atom stereocenters. The van der Waals surface area contributed by atoms with E-state index in [4.69, 9.17) is 5.73 Å². The Kier molecular flexibility index (Phi) is 3.51. The maximum absolute atomic E-state index is 11.3. The first-order chi connectivity index (χ1) is 7.77. The lowest BCUT2D eigenvalue weighted by Crippen LogP contribution is -2.66. The molecule has 0 bridgehead atoms. The minimum absolute atomic E-state index is 0.121. The van der Waals surface area contributed by atoms with Crippen molar-refractivity contribution in [3.8, 4) is 0 Å². The van der Waals surface area contributed by atoms with E-state index in [-0.39, 0.29) is 12.1 Å². The summed E-state index contributed by atoms with van der Waals surface area (Å²) in [6.45, 7) is 1.15. The van der Waals surface area contributed by atoms with Crippen molar-refractivity contribution in [3.05, 3.63) is 35.9 Å². The van der Waals surface area contributed by atoms with Gasteiger partial charge in [-0.05, 0) is 5.56 Å². The molecule has 0 radical (unpaired) electrons. The largest absolute Gasteiger partial charge is 0.342 e. The average molecular weight is 220 g/mol. The summed E-state index contributed by atoms with van der Waals surface area (Å²) < 4.78 is 0. The van der Waals surface area contributed by atoms with Crippen LogP contribution in [0.4, 0.5) is 0 Å². The summed E-state index contributed by atoms with van der Waals surface area (Å²) in [7, 11) is 0. The van der Waals surface area contributed by atoms with Crippen molar-refractivity contribution in [3.63, 3.8) is 0 Å². The zero-order valence-corrected chi connectivity index (χ0v) is 8.94. The molecule has 0 saturated carbocycles. The molecule has 5 nitrogen and oxygen atoms in total. The molecule has 16 heavy (non-hydrogen) atoms. The predicted octanol–water partition coefficient (Wildman–Crippen LogP) is -0.893. The van der Waals surface area contributed by atoms with Gasteiger partial charge in [0.2, 0.25) is 5.91 Å². The van der Waals surface area contributed by atoms with Gasteiger partial charge in [0.25, 0.3) is 0 Å². The van der Waals surface area contributed by atoms with Gasteiger partial charge in [0.05, 0.1) is 12.8 Å². The molecule has 1 aromatic rings. The number of carbonyl (C=O) groups is 1. The molecule has 2 atom stereocenters. The van der Waals surface area contributed by atoms with Crippen molar-refractivity contribution in [1.82, 2.24) is 16.0 Å². The van der Waals surface area contributed by atoms with E-state index in [0.717, 1.165) is 0 Å². The van der Waals surface area contributed by atoms with Crippen LogP contribution in [0.3, 0.4) is 0 Å². The van der Waals surface area contributed by atoms with Crippen LogP contribution in [0.2, 0.25) is 0 Å². The summed E-state index contributed by atoms with van der Waals surface area (Å²) in [4.78, 5) is 11.3. The van der Waals surface area contributed by atoms with Gasteiger partial charge < -0.3 is 11.1 Å². The third-order valence-electron chi connectivity index (χ3n) is 2.62. The summed E-state index contributed by atoms with van der Waals surface area (Å²) in [5, 5.41) is 8.97. The van der Waals surface area contributed by atoms with E-state index < -0.39 is 6.04 Å². The number of benzene rings is 1. The number of hydrogen-bond acceptors (Lipinski definition) is 4. The standard InChI is InChI=1S/C11H16N4O/c12-9-10(14-7-15-11(9)16)13-6-8-4-2-1-3-5-8/h1-5,9-10,13-14H,6-7,12H2,(H,15,16). The van der Waals surface area contributed by atoms with Gasteiger partial charge in [0.15, 0.2) is 0 Å². The van der Waals surface area contributed by atoms with Crippen LogP contribution in [0, 0.1) is 0 Å². The third-order valence-corrected chi connectivity index (χ3v) is 2.62. The van der Waals surface area contributed by atoms with E-state index in [1.165, 1.54) is 5.56 Å². The van der Waals surface area contributed by atoms with Crippen LogP contribution in [0.15, 0.2) is 30.3 Å². The Morgan fingerprint density at radius 3 is 2.88 bits per heavy atom. The zero-order chi connectivity index (χ0) is 11.4. The highest BCUT2D eigenvalue weighted by Crippen LogP contribution is 1.99. The van der Waals surface area contributed by atoms with Crippen molar-refractivity contribution in [2.45, 2.75) is 18.8 Å². The van der Waals surface area contributed by atoms with Gasteiger partial charge >= 0.3 is 0 Å². The molecule has 86 valence electrons. The Morgan fingerprint density at radius 1 is 1.38 bits per heavy atom. The van der Waals surface area contributed by atoms with Gasteiger partial charge in [-0.3, -0.25) is 15.4 Å². The van der Waals surface area contributed by atoms with Crippen LogP contribution in [0.1, 0.15) is 5.56 Å². The molecule has 1 amide bonds. The molecule has 5 heteroatoms. The quantitative estimate of drug-likeness (QED) is 0.532. The van der Waals surface area contributed by atoms with Crippen molar-refractivity contribution in [2.75, 3.05) is 6.67 Å². The van der Waals surface area contributed by atoms with Gasteiger partial charge in [-0.2, -0.15) is 0 Å². The summed E-state index contributed by atoms with van der Waals surface area (Å²) in [5.74, 6) is -0.121. The number of hydrogen-bond donors (Lipinski definition) is 4. The van der Waals surface area contributed by atoms with E-state index in [0.29, 0.717) is 13.2 Å². The highest BCUT2D eigenvalue weighted by atomic mass is 16.2. The average Bonchev–Trinajstić information content (AvgIpc) is 2.32. The first kappa shape index (κ1) is 11.1. The molecular formula is C11H16N4O. The fourth-order valence-corrected chi connectivity index (χ4v) is 1.67. The molecule has 1 saturated heterocycles. The molecule has 2 rings (SSSR count). The minimum Gasteiger partial charge on any atom is -0.342 e. The van der Waals surface area contributed by atoms with E-state index in [2.05, 4.69) is 16.0 Å². The highest BCUT2D eigenvalue weighted by Gasteiger charge is 2.27. The maximum atomic E-state index is 11.3. The lowest BCUT2D eigenvalue weighted by molar-refractivity contribution is -0.125. The SMILES string of the molecule is NC1C(=O)NCNC1NCc1ccccc1. The lowest BCUT2D eigenvalue weighted by atomic mass is 10.1. The van der Waals surface area contributed by atoms with Gasteiger partial charge in [-0.1, -0.05) is 30.3 Å². The molecule has 5 N–H and O–H groups in total. The van der Waals surface area contributed by atoms with Crippen molar-refractivity contribution in [1.29, 1.82) is 0 Å². The van der Waals surface area contributed by atoms with Crippen LogP contribution in [0.5, 0.6) is 0 Å². The van der Waals surface area contributed by atoms with Gasteiger partial charge in [-0.15, -0.1) is 0 Å². The fraction of sp³-hybridized carbons (Fsp3) is 0.364. The zero-order valence-electron chi connectivity index (χ0n) is 8.94. The molecular weight excluding hydrogens is 204 g/mol. The Morgan fingerprint density at radius 2 is 2.12 bits per heavy atom. The predicted molar refractivity (Wildman–Crippen MR) is 61.2 cm³/mol. The summed E-state index contributed by atoms with van der Waals surface area (Å²) in [6.07, 6.45) is -0.172. The molecule has 1 fully saturated rings. The number of nitrogens with one attached hydrogen (secondary N) is 3. The summed E-state index contributed by atoms with van der Waals surface area (Å²) in [5.41, 5.74) is 6.92. The first-order valence-electron chi connectivity index (χ1n) is 5.31. The van der Waals surface area contributed by atoms with Crippen LogP contribution in [-0.2, 0) is 11.3 Å². The Hall–Kier alpha value is -1.43. The van der Waals surface area contributed by atoms with E-state index in [9.17, 15) is 4.79 Å². The minimum atomic E-state index is -0.544. The fourth-order valence-electron chi connectivity index (χ4n) is 1.67. The molecule has 0 aromatic heterocycles. The van der Waals surface area contributed by atoms with Crippen LogP contribution >= 0.6 is 0 Å². The van der Waals surface area contributed by atoms with Crippen LogP contribution in [-0.4, -0.2) is 24.8 Å². The normalized spacial score (nSPS) is 25.2. The molecule has 1 heterocycles. The second-order valence-corrected chi connectivity index (χ2v) is 3.79. The molecule has 1 aromatic carbocycles. The number of carbonyl (C=O) groups excluding carboxylic acids is 1. The topological polar surface area (TPSA) is 79.2 Å². The molecule has 1 aliphatic heterocycles. The Bertz CT molecular complexity index is 354.